The maximum atomic E-state index is 3.71. The van der Waals surface area contributed by atoms with Gasteiger partial charge in [-0.2, -0.15) is 10.2 Å². The summed E-state index contributed by atoms with van der Waals surface area (Å²) >= 11 is 0. The van der Waals surface area contributed by atoms with Crippen molar-refractivity contribution in [2.45, 2.75) is 20.3 Å². The summed E-state index contributed by atoms with van der Waals surface area (Å²) in [6, 6.07) is 0. The van der Waals surface area contributed by atoms with E-state index in [4.69, 9.17) is 0 Å². The highest BCUT2D eigenvalue weighted by molar-refractivity contribution is 5.76. The summed E-state index contributed by atoms with van der Waals surface area (Å²) < 4.78 is 0. The van der Waals surface area contributed by atoms with E-state index in [-0.39, 0.29) is 0 Å². The van der Waals surface area contributed by atoms with Crippen LogP contribution in [0.25, 0.3) is 0 Å². The Morgan fingerprint density at radius 3 is 2.67 bits per heavy atom. The second-order valence-corrected chi connectivity index (χ2v) is 1.80. The lowest BCUT2D eigenvalue weighted by Gasteiger charge is -1.78. The highest BCUT2D eigenvalue weighted by atomic mass is 15.2. The normalized spacial score (nSPS) is 11.3. The molecule has 0 spiro atoms. The first kappa shape index (κ1) is 8.08. The summed E-state index contributed by atoms with van der Waals surface area (Å²) in [5, 5.41) is 7.42. The monoisotopic (exact) mass is 124 g/mol. The molecule has 0 atom stereocenters. The summed E-state index contributed by atoms with van der Waals surface area (Å²) in [6.07, 6.45) is 4.30. The third-order valence-electron chi connectivity index (χ3n) is 0.609. The van der Waals surface area contributed by atoms with Gasteiger partial charge < -0.3 is 0 Å². The Morgan fingerprint density at radius 2 is 2.22 bits per heavy atom. The Bertz CT molecular complexity index is 134. The minimum Gasteiger partial charge on any atom is -0.164 e. The minimum absolute atomic E-state index is 0.920. The lowest BCUT2D eigenvalue weighted by molar-refractivity contribution is 1.21. The average molecular weight is 124 g/mol. The van der Waals surface area contributed by atoms with E-state index in [2.05, 4.69) is 16.8 Å². The van der Waals surface area contributed by atoms with E-state index in [9.17, 15) is 0 Å². The number of hydrogen-bond acceptors (Lipinski definition) is 2. The van der Waals surface area contributed by atoms with Gasteiger partial charge in [-0.3, -0.25) is 0 Å². The highest BCUT2D eigenvalue weighted by Crippen LogP contribution is 1.79. The molecule has 0 aliphatic carbocycles. The minimum atomic E-state index is 0.920. The lowest BCUT2D eigenvalue weighted by atomic mass is 10.4. The van der Waals surface area contributed by atoms with E-state index >= 15 is 0 Å². The van der Waals surface area contributed by atoms with Gasteiger partial charge in [-0.05, 0) is 18.9 Å². The van der Waals surface area contributed by atoms with Crippen LogP contribution in [0.15, 0.2) is 22.4 Å². The molecule has 0 saturated heterocycles. The standard InChI is InChI=1S/C7H12N2/c1-4-5-8-9-6-7(2)3/h5-6H,2,4H2,1,3H3/b8-5-,9-6-. The fraction of sp³-hybridized carbons (Fsp3) is 0.429. The Morgan fingerprint density at radius 1 is 1.56 bits per heavy atom. The fourth-order valence-electron chi connectivity index (χ4n) is 0.261. The molecule has 0 N–H and O–H groups in total. The zero-order valence-corrected chi connectivity index (χ0v) is 5.96. The third-order valence-corrected chi connectivity index (χ3v) is 0.609. The molecule has 0 aromatic rings. The van der Waals surface area contributed by atoms with Crippen molar-refractivity contribution in [2.75, 3.05) is 0 Å². The number of allylic oxidation sites excluding steroid dienone is 1. The van der Waals surface area contributed by atoms with Crippen LogP contribution < -0.4 is 0 Å². The molecule has 0 aromatic carbocycles. The quantitative estimate of drug-likeness (QED) is 0.406. The summed E-state index contributed by atoms with van der Waals surface area (Å²) in [7, 11) is 0. The van der Waals surface area contributed by atoms with Crippen molar-refractivity contribution in [3.05, 3.63) is 12.2 Å². The van der Waals surface area contributed by atoms with E-state index in [1.54, 1.807) is 12.4 Å². The SMILES string of the molecule is C=C(C)/C=N\N=C/CC. The first-order valence-corrected chi connectivity index (χ1v) is 2.97. The third kappa shape index (κ3) is 7.08. The van der Waals surface area contributed by atoms with Crippen LogP contribution >= 0.6 is 0 Å². The van der Waals surface area contributed by atoms with Crippen molar-refractivity contribution < 1.29 is 0 Å². The van der Waals surface area contributed by atoms with E-state index < -0.39 is 0 Å². The topological polar surface area (TPSA) is 24.7 Å². The van der Waals surface area contributed by atoms with Gasteiger partial charge >= 0.3 is 0 Å². The van der Waals surface area contributed by atoms with Gasteiger partial charge in [0.2, 0.25) is 0 Å². The van der Waals surface area contributed by atoms with Gasteiger partial charge in [-0.1, -0.05) is 13.5 Å². The van der Waals surface area contributed by atoms with Gasteiger partial charge in [-0.15, -0.1) is 0 Å². The van der Waals surface area contributed by atoms with Crippen LogP contribution in [0.4, 0.5) is 0 Å². The van der Waals surface area contributed by atoms with Gasteiger partial charge in [0.25, 0.3) is 0 Å². The van der Waals surface area contributed by atoms with Crippen molar-refractivity contribution in [3.63, 3.8) is 0 Å². The predicted octanol–water partition coefficient (Wildman–Crippen LogP) is 2.03. The summed E-state index contributed by atoms with van der Waals surface area (Å²) in [4.78, 5) is 0. The Kier molecular flexibility index (Phi) is 4.69. The maximum Gasteiger partial charge on any atom is 0.0518 e. The molecule has 2 heteroatoms. The Hall–Kier alpha value is -0.920. The van der Waals surface area contributed by atoms with E-state index in [1.165, 1.54) is 0 Å². The molecule has 0 aliphatic heterocycles. The molecule has 0 aliphatic rings. The Balaban J connectivity index is 3.47. The van der Waals surface area contributed by atoms with Crippen molar-refractivity contribution in [1.82, 2.24) is 0 Å². The largest absolute Gasteiger partial charge is 0.164 e. The van der Waals surface area contributed by atoms with E-state index in [1.807, 2.05) is 13.8 Å². The van der Waals surface area contributed by atoms with Gasteiger partial charge in [0.15, 0.2) is 0 Å². The molecule has 0 bridgehead atoms. The van der Waals surface area contributed by atoms with Crippen LogP contribution in [-0.2, 0) is 0 Å². The molecule has 0 unspecified atom stereocenters. The van der Waals surface area contributed by atoms with Gasteiger partial charge in [0.05, 0.1) is 6.21 Å². The molecule has 0 rings (SSSR count). The molecular formula is C7H12N2. The molecular weight excluding hydrogens is 112 g/mol. The van der Waals surface area contributed by atoms with Crippen LogP contribution in [0.2, 0.25) is 0 Å². The second-order valence-electron chi connectivity index (χ2n) is 1.80. The fourth-order valence-corrected chi connectivity index (χ4v) is 0.261. The molecule has 0 fully saturated rings. The number of hydrogen-bond donors (Lipinski definition) is 0. The van der Waals surface area contributed by atoms with Crippen molar-refractivity contribution in [3.8, 4) is 0 Å². The second kappa shape index (κ2) is 5.22. The number of rotatable bonds is 3. The Labute approximate surface area is 56.0 Å². The lowest BCUT2D eigenvalue weighted by Crippen LogP contribution is -1.71. The number of nitrogens with zero attached hydrogens (tertiary/aromatic N) is 2. The maximum absolute atomic E-state index is 3.71. The van der Waals surface area contributed by atoms with E-state index in [0.717, 1.165) is 12.0 Å². The van der Waals surface area contributed by atoms with Gasteiger partial charge in [0, 0.05) is 6.21 Å². The smallest absolute Gasteiger partial charge is 0.0518 e. The first-order chi connectivity index (χ1) is 4.27. The predicted molar refractivity (Wildman–Crippen MR) is 42.1 cm³/mol. The molecule has 0 saturated carbocycles. The highest BCUT2D eigenvalue weighted by Gasteiger charge is 1.69. The van der Waals surface area contributed by atoms with Crippen molar-refractivity contribution in [1.29, 1.82) is 0 Å². The van der Waals surface area contributed by atoms with Crippen LogP contribution in [0.5, 0.6) is 0 Å². The summed E-state index contributed by atoms with van der Waals surface area (Å²) in [5.41, 5.74) is 0.920. The zero-order chi connectivity index (χ0) is 7.11. The van der Waals surface area contributed by atoms with Crippen molar-refractivity contribution >= 4 is 12.4 Å². The molecule has 0 amide bonds. The molecule has 2 nitrogen and oxygen atoms in total. The molecule has 0 radical (unpaired) electrons. The average Bonchev–Trinajstić information content (AvgIpc) is 1.80. The van der Waals surface area contributed by atoms with Crippen LogP contribution in [0.3, 0.4) is 0 Å². The van der Waals surface area contributed by atoms with Crippen molar-refractivity contribution in [2.24, 2.45) is 10.2 Å². The molecule has 50 valence electrons. The van der Waals surface area contributed by atoms with Gasteiger partial charge in [-0.25, -0.2) is 0 Å². The molecule has 0 heterocycles. The molecule has 9 heavy (non-hydrogen) atoms. The summed E-state index contributed by atoms with van der Waals surface area (Å²) in [5.74, 6) is 0. The van der Waals surface area contributed by atoms with Crippen LogP contribution in [0.1, 0.15) is 20.3 Å². The van der Waals surface area contributed by atoms with Crippen LogP contribution in [0, 0.1) is 0 Å². The first-order valence-electron chi connectivity index (χ1n) is 2.97. The van der Waals surface area contributed by atoms with Crippen LogP contribution in [-0.4, -0.2) is 12.4 Å². The summed E-state index contributed by atoms with van der Waals surface area (Å²) in [6.45, 7) is 7.52. The van der Waals surface area contributed by atoms with E-state index in [0.29, 0.717) is 0 Å². The zero-order valence-electron chi connectivity index (χ0n) is 5.96. The molecule has 0 aromatic heterocycles. The van der Waals surface area contributed by atoms with Gasteiger partial charge in [0.1, 0.15) is 0 Å².